The van der Waals surface area contributed by atoms with E-state index in [0.717, 1.165) is 5.56 Å². The van der Waals surface area contributed by atoms with Crippen LogP contribution in [0.1, 0.15) is 37.3 Å². The molecule has 1 rings (SSSR count). The molecule has 1 aromatic rings. The van der Waals surface area contributed by atoms with E-state index in [1.54, 1.807) is 19.1 Å². The molecule has 4 nitrogen and oxygen atoms in total. The summed E-state index contributed by atoms with van der Waals surface area (Å²) in [6.45, 7) is 6.03. The predicted octanol–water partition coefficient (Wildman–Crippen LogP) is 2.17. The van der Waals surface area contributed by atoms with Gasteiger partial charge in [-0.1, -0.05) is 13.8 Å². The minimum absolute atomic E-state index is 0.127. The Morgan fingerprint density at radius 1 is 1.42 bits per heavy atom. The van der Waals surface area contributed by atoms with E-state index in [2.05, 4.69) is 5.92 Å². The first-order valence-corrected chi connectivity index (χ1v) is 7.55. The van der Waals surface area contributed by atoms with Crippen molar-refractivity contribution in [3.05, 3.63) is 23.3 Å². The normalized spacial score (nSPS) is 11.4. The minimum Gasteiger partial charge on any atom is -0.492 e. The second-order valence-corrected chi connectivity index (χ2v) is 6.19. The van der Waals surface area contributed by atoms with Crippen LogP contribution < -0.4 is 9.88 Å². The first kappa shape index (κ1) is 15.5. The van der Waals surface area contributed by atoms with Gasteiger partial charge in [0.15, 0.2) is 0 Å². The molecule has 0 fully saturated rings. The molecule has 0 bridgehead atoms. The molecule has 2 N–H and O–H groups in total. The van der Waals surface area contributed by atoms with E-state index in [9.17, 15) is 8.42 Å². The molecule has 104 valence electrons. The second kappa shape index (κ2) is 6.09. The molecule has 0 radical (unpaired) electrons. The summed E-state index contributed by atoms with van der Waals surface area (Å²) >= 11 is 0. The third-order valence-electron chi connectivity index (χ3n) is 2.74. The third-order valence-corrected chi connectivity index (χ3v) is 3.79. The number of ether oxygens (including phenoxy) is 1. The first-order chi connectivity index (χ1) is 8.77. The van der Waals surface area contributed by atoms with Crippen molar-refractivity contribution < 1.29 is 13.2 Å². The Morgan fingerprint density at radius 2 is 2.05 bits per heavy atom. The zero-order valence-electron chi connectivity index (χ0n) is 11.4. The molecule has 0 saturated heterocycles. The Bertz CT molecular complexity index is 598. The quantitative estimate of drug-likeness (QED) is 0.664. The third kappa shape index (κ3) is 3.98. The van der Waals surface area contributed by atoms with Crippen LogP contribution in [0.2, 0.25) is 0 Å². The lowest BCUT2D eigenvalue weighted by molar-refractivity contribution is 0.322. The number of sulfonamides is 1. The fourth-order valence-electron chi connectivity index (χ4n) is 1.78. The number of terminal acetylenes is 1. The van der Waals surface area contributed by atoms with Gasteiger partial charge in [0, 0.05) is 6.42 Å². The number of hydrogen-bond acceptors (Lipinski definition) is 3. The van der Waals surface area contributed by atoms with Gasteiger partial charge in [0.1, 0.15) is 5.75 Å². The van der Waals surface area contributed by atoms with E-state index in [1.165, 1.54) is 0 Å². The van der Waals surface area contributed by atoms with Crippen LogP contribution in [0.4, 0.5) is 0 Å². The number of primary sulfonamides is 1. The van der Waals surface area contributed by atoms with E-state index in [0.29, 0.717) is 24.3 Å². The van der Waals surface area contributed by atoms with Crippen molar-refractivity contribution in [1.82, 2.24) is 0 Å². The van der Waals surface area contributed by atoms with Gasteiger partial charge in [-0.2, -0.15) is 0 Å². The van der Waals surface area contributed by atoms with Gasteiger partial charge in [0.2, 0.25) is 10.0 Å². The Morgan fingerprint density at radius 3 is 2.53 bits per heavy atom. The highest BCUT2D eigenvalue weighted by Crippen LogP contribution is 2.31. The summed E-state index contributed by atoms with van der Waals surface area (Å²) in [4.78, 5) is 0.139. The summed E-state index contributed by atoms with van der Waals surface area (Å²) in [6, 6.07) is 3.28. The summed E-state index contributed by atoms with van der Waals surface area (Å²) in [5.41, 5.74) is 1.38. The summed E-state index contributed by atoms with van der Waals surface area (Å²) in [6.07, 6.45) is 5.68. The number of nitrogens with two attached hydrogens (primary N) is 1. The molecule has 0 spiro atoms. The molecule has 0 aliphatic rings. The zero-order valence-corrected chi connectivity index (χ0v) is 12.3. The molecule has 0 aromatic heterocycles. The van der Waals surface area contributed by atoms with Crippen molar-refractivity contribution in [3.8, 4) is 18.1 Å². The molecule has 19 heavy (non-hydrogen) atoms. The van der Waals surface area contributed by atoms with Gasteiger partial charge in [-0.3, -0.25) is 0 Å². The van der Waals surface area contributed by atoms with Gasteiger partial charge in [-0.15, -0.1) is 12.3 Å². The second-order valence-electron chi connectivity index (χ2n) is 4.66. The lowest BCUT2D eigenvalue weighted by atomic mass is 10.0. The van der Waals surface area contributed by atoms with Crippen LogP contribution in [0.5, 0.6) is 5.75 Å². The van der Waals surface area contributed by atoms with Gasteiger partial charge >= 0.3 is 0 Å². The highest BCUT2D eigenvalue weighted by atomic mass is 32.2. The van der Waals surface area contributed by atoms with Crippen molar-refractivity contribution in [3.63, 3.8) is 0 Å². The molecule has 5 heteroatoms. The molecule has 0 aliphatic heterocycles. The number of aryl methyl sites for hydroxylation is 1. The maximum atomic E-state index is 11.5. The highest BCUT2D eigenvalue weighted by Gasteiger charge is 2.17. The van der Waals surface area contributed by atoms with Crippen molar-refractivity contribution in [2.45, 2.75) is 38.0 Å². The molecule has 0 unspecified atom stereocenters. The number of benzene rings is 1. The van der Waals surface area contributed by atoms with Crippen LogP contribution in [0, 0.1) is 19.3 Å². The molecule has 0 saturated carbocycles. The van der Waals surface area contributed by atoms with Crippen molar-refractivity contribution in [2.24, 2.45) is 5.14 Å². The topological polar surface area (TPSA) is 69.4 Å². The lowest BCUT2D eigenvalue weighted by Gasteiger charge is -2.16. The van der Waals surface area contributed by atoms with Crippen LogP contribution >= 0.6 is 0 Å². The number of hydrogen-bond donors (Lipinski definition) is 1. The molecule has 0 atom stereocenters. The van der Waals surface area contributed by atoms with Gasteiger partial charge < -0.3 is 4.74 Å². The maximum Gasteiger partial charge on any atom is 0.238 e. The number of rotatable bonds is 5. The minimum atomic E-state index is -3.72. The van der Waals surface area contributed by atoms with E-state index in [4.69, 9.17) is 16.3 Å². The molecular formula is C14H19NO3S. The Hall–Kier alpha value is -1.51. The molecular weight excluding hydrogens is 262 g/mol. The fourth-order valence-corrected chi connectivity index (χ4v) is 2.58. The summed E-state index contributed by atoms with van der Waals surface area (Å²) in [7, 11) is -3.72. The van der Waals surface area contributed by atoms with Gasteiger partial charge in [-0.25, -0.2) is 13.6 Å². The average molecular weight is 281 g/mol. The lowest BCUT2D eigenvalue weighted by Crippen LogP contribution is -2.15. The van der Waals surface area contributed by atoms with Crippen molar-refractivity contribution in [2.75, 3.05) is 6.61 Å². The van der Waals surface area contributed by atoms with E-state index in [-0.39, 0.29) is 10.8 Å². The Balaban J connectivity index is 3.26. The molecule has 1 aromatic carbocycles. The van der Waals surface area contributed by atoms with Crippen LogP contribution in [-0.2, 0) is 10.0 Å². The molecule has 0 heterocycles. The average Bonchev–Trinajstić information content (AvgIpc) is 2.27. The summed E-state index contributed by atoms with van der Waals surface area (Å²) < 4.78 is 28.6. The van der Waals surface area contributed by atoms with Crippen molar-refractivity contribution in [1.29, 1.82) is 0 Å². The van der Waals surface area contributed by atoms with Crippen LogP contribution in [0.25, 0.3) is 0 Å². The smallest absolute Gasteiger partial charge is 0.238 e. The molecule has 0 amide bonds. The highest BCUT2D eigenvalue weighted by molar-refractivity contribution is 7.89. The zero-order chi connectivity index (χ0) is 14.6. The Labute approximate surface area is 115 Å². The van der Waals surface area contributed by atoms with Gasteiger partial charge in [0.25, 0.3) is 0 Å². The monoisotopic (exact) mass is 281 g/mol. The SMILES string of the molecule is C#CCCOc1cc(C)c(S(N)(=O)=O)cc1C(C)C. The fraction of sp³-hybridized carbons (Fsp3) is 0.429. The molecule has 0 aliphatic carbocycles. The first-order valence-electron chi connectivity index (χ1n) is 6.01. The van der Waals surface area contributed by atoms with Crippen LogP contribution in [0.3, 0.4) is 0 Å². The maximum absolute atomic E-state index is 11.5. The Kier molecular flexibility index (Phi) is 4.98. The van der Waals surface area contributed by atoms with Gasteiger partial charge in [0.05, 0.1) is 11.5 Å². The summed E-state index contributed by atoms with van der Waals surface area (Å²) in [5.74, 6) is 3.28. The van der Waals surface area contributed by atoms with Crippen molar-refractivity contribution >= 4 is 10.0 Å². The predicted molar refractivity (Wildman–Crippen MR) is 75.6 cm³/mol. The van der Waals surface area contributed by atoms with Crippen LogP contribution in [0.15, 0.2) is 17.0 Å². The standard InChI is InChI=1S/C14H19NO3S/c1-5-6-7-18-13-8-11(4)14(19(15,16)17)9-12(13)10(2)3/h1,8-10H,6-7H2,2-4H3,(H2,15,16,17). The van der Waals surface area contributed by atoms with Gasteiger partial charge in [-0.05, 0) is 36.1 Å². The largest absolute Gasteiger partial charge is 0.492 e. The van der Waals surface area contributed by atoms with E-state index < -0.39 is 10.0 Å². The van der Waals surface area contributed by atoms with Crippen LogP contribution in [-0.4, -0.2) is 15.0 Å². The van der Waals surface area contributed by atoms with E-state index >= 15 is 0 Å². The van der Waals surface area contributed by atoms with E-state index in [1.807, 2.05) is 13.8 Å². The summed E-state index contributed by atoms with van der Waals surface area (Å²) in [5, 5.41) is 5.20.